The van der Waals surface area contributed by atoms with Crippen molar-refractivity contribution in [1.29, 1.82) is 0 Å². The van der Waals surface area contributed by atoms with E-state index in [1.54, 1.807) is 6.92 Å². The SMILES string of the molecule is CCC(CC(C)C(F)(F)F)C(=O)Cl. The van der Waals surface area contributed by atoms with Crippen LogP contribution in [0.25, 0.3) is 0 Å². The molecule has 2 atom stereocenters. The largest absolute Gasteiger partial charge is 0.391 e. The normalized spacial score (nSPS) is 16.8. The molecule has 0 aliphatic carbocycles. The number of carbonyl (C=O) groups is 1. The fourth-order valence-corrected chi connectivity index (χ4v) is 1.22. The molecule has 1 nitrogen and oxygen atoms in total. The molecular formula is C8H12ClF3O. The molecule has 0 saturated heterocycles. The average Bonchev–Trinajstić information content (AvgIpc) is 1.96. The lowest BCUT2D eigenvalue weighted by molar-refractivity contribution is -0.174. The van der Waals surface area contributed by atoms with Crippen molar-refractivity contribution < 1.29 is 18.0 Å². The van der Waals surface area contributed by atoms with Crippen molar-refractivity contribution in [3.63, 3.8) is 0 Å². The van der Waals surface area contributed by atoms with Crippen molar-refractivity contribution in [1.82, 2.24) is 0 Å². The van der Waals surface area contributed by atoms with Gasteiger partial charge in [-0.15, -0.1) is 0 Å². The average molecular weight is 217 g/mol. The Balaban J connectivity index is 4.17. The van der Waals surface area contributed by atoms with Gasteiger partial charge in [0.25, 0.3) is 0 Å². The third-order valence-corrected chi connectivity index (χ3v) is 2.32. The lowest BCUT2D eigenvalue weighted by atomic mass is 9.94. The van der Waals surface area contributed by atoms with Gasteiger partial charge in [0.15, 0.2) is 0 Å². The van der Waals surface area contributed by atoms with Crippen LogP contribution < -0.4 is 0 Å². The molecule has 0 aliphatic rings. The Labute approximate surface area is 80.3 Å². The second kappa shape index (κ2) is 4.84. The Kier molecular flexibility index (Phi) is 4.75. The molecule has 0 rings (SSSR count). The van der Waals surface area contributed by atoms with Gasteiger partial charge in [-0.2, -0.15) is 13.2 Å². The minimum Gasteiger partial charge on any atom is -0.281 e. The first-order valence-corrected chi connectivity index (χ1v) is 4.42. The predicted octanol–water partition coefficient (Wildman–Crippen LogP) is 3.37. The molecule has 0 bridgehead atoms. The number of hydrogen-bond acceptors (Lipinski definition) is 1. The fraction of sp³-hybridized carbons (Fsp3) is 0.875. The maximum Gasteiger partial charge on any atom is 0.391 e. The number of alkyl halides is 3. The zero-order chi connectivity index (χ0) is 10.6. The van der Waals surface area contributed by atoms with Crippen LogP contribution in [-0.4, -0.2) is 11.4 Å². The van der Waals surface area contributed by atoms with Crippen molar-refractivity contribution in [3.8, 4) is 0 Å². The van der Waals surface area contributed by atoms with E-state index < -0.39 is 23.3 Å². The van der Waals surface area contributed by atoms with Crippen LogP contribution in [-0.2, 0) is 4.79 Å². The first kappa shape index (κ1) is 12.8. The second-order valence-electron chi connectivity index (χ2n) is 3.09. The summed E-state index contributed by atoms with van der Waals surface area (Å²) in [5.41, 5.74) is 0. The van der Waals surface area contributed by atoms with Gasteiger partial charge in [-0.05, 0) is 24.4 Å². The van der Waals surface area contributed by atoms with Gasteiger partial charge in [-0.3, -0.25) is 4.79 Å². The monoisotopic (exact) mass is 216 g/mol. The Morgan fingerprint density at radius 3 is 2.15 bits per heavy atom. The van der Waals surface area contributed by atoms with E-state index >= 15 is 0 Å². The lowest BCUT2D eigenvalue weighted by Crippen LogP contribution is -2.24. The van der Waals surface area contributed by atoms with E-state index in [9.17, 15) is 18.0 Å². The molecule has 0 radical (unpaired) electrons. The van der Waals surface area contributed by atoms with E-state index in [1.165, 1.54) is 0 Å². The van der Waals surface area contributed by atoms with Crippen molar-refractivity contribution >= 4 is 16.8 Å². The molecule has 0 aliphatic heterocycles. The molecule has 0 fully saturated rings. The minimum atomic E-state index is -4.24. The van der Waals surface area contributed by atoms with Crippen LogP contribution in [0, 0.1) is 11.8 Å². The van der Waals surface area contributed by atoms with E-state index in [0.29, 0.717) is 6.42 Å². The molecule has 78 valence electrons. The first-order chi connectivity index (χ1) is 5.79. The van der Waals surface area contributed by atoms with Gasteiger partial charge in [0, 0.05) is 5.92 Å². The van der Waals surface area contributed by atoms with Crippen LogP contribution in [0.3, 0.4) is 0 Å². The second-order valence-corrected chi connectivity index (χ2v) is 3.46. The summed E-state index contributed by atoms with van der Waals surface area (Å²) in [6.45, 7) is 2.70. The number of halogens is 4. The molecular weight excluding hydrogens is 205 g/mol. The highest BCUT2D eigenvalue weighted by molar-refractivity contribution is 6.63. The highest BCUT2D eigenvalue weighted by atomic mass is 35.5. The molecule has 13 heavy (non-hydrogen) atoms. The van der Waals surface area contributed by atoms with Crippen LogP contribution in [0.5, 0.6) is 0 Å². The Morgan fingerprint density at radius 2 is 1.92 bits per heavy atom. The van der Waals surface area contributed by atoms with E-state index in [4.69, 9.17) is 11.6 Å². The van der Waals surface area contributed by atoms with Crippen LogP contribution in [0.1, 0.15) is 26.7 Å². The Morgan fingerprint density at radius 1 is 1.46 bits per heavy atom. The zero-order valence-corrected chi connectivity index (χ0v) is 8.24. The minimum absolute atomic E-state index is 0.220. The van der Waals surface area contributed by atoms with Crippen molar-refractivity contribution in [2.75, 3.05) is 0 Å². The molecule has 0 amide bonds. The van der Waals surface area contributed by atoms with E-state index in [1.807, 2.05) is 0 Å². The molecule has 0 aromatic rings. The topological polar surface area (TPSA) is 17.1 Å². The van der Waals surface area contributed by atoms with Gasteiger partial charge >= 0.3 is 6.18 Å². The molecule has 0 aromatic heterocycles. The predicted molar refractivity (Wildman–Crippen MR) is 44.5 cm³/mol. The summed E-state index contributed by atoms with van der Waals surface area (Å²) in [6, 6.07) is 0. The van der Waals surface area contributed by atoms with Crippen molar-refractivity contribution in [3.05, 3.63) is 0 Å². The summed E-state index contributed by atoms with van der Waals surface area (Å²) in [7, 11) is 0. The molecule has 0 heterocycles. The van der Waals surface area contributed by atoms with Crippen molar-refractivity contribution in [2.24, 2.45) is 11.8 Å². The molecule has 0 aromatic carbocycles. The summed E-state index contributed by atoms with van der Waals surface area (Å²) in [4.78, 5) is 10.6. The summed E-state index contributed by atoms with van der Waals surface area (Å²) in [5, 5.41) is -0.682. The molecule has 0 spiro atoms. The van der Waals surface area contributed by atoms with Gasteiger partial charge in [0.2, 0.25) is 5.24 Å². The standard InChI is InChI=1S/C8H12ClF3O/c1-3-6(7(9)13)4-5(2)8(10,11)12/h5-6H,3-4H2,1-2H3. The summed E-state index contributed by atoms with van der Waals surface area (Å²) < 4.78 is 36.2. The van der Waals surface area contributed by atoms with Gasteiger partial charge in [0.1, 0.15) is 0 Å². The maximum absolute atomic E-state index is 12.1. The van der Waals surface area contributed by atoms with Gasteiger partial charge in [0.05, 0.1) is 5.92 Å². The van der Waals surface area contributed by atoms with Gasteiger partial charge < -0.3 is 0 Å². The summed E-state index contributed by atoms with van der Waals surface area (Å²) >= 11 is 5.13. The summed E-state index contributed by atoms with van der Waals surface area (Å²) in [5.74, 6) is -2.15. The van der Waals surface area contributed by atoms with Crippen LogP contribution >= 0.6 is 11.6 Å². The molecule has 0 saturated carbocycles. The summed E-state index contributed by atoms with van der Waals surface area (Å²) in [6.07, 6.45) is -4.11. The fourth-order valence-electron chi connectivity index (χ4n) is 0.980. The molecule has 0 N–H and O–H groups in total. The highest BCUT2D eigenvalue weighted by Gasteiger charge is 2.37. The zero-order valence-electron chi connectivity index (χ0n) is 7.49. The van der Waals surface area contributed by atoms with Crippen LogP contribution in [0.15, 0.2) is 0 Å². The number of carbonyl (C=O) groups excluding carboxylic acids is 1. The lowest BCUT2D eigenvalue weighted by Gasteiger charge is -2.18. The number of hydrogen-bond donors (Lipinski definition) is 0. The van der Waals surface area contributed by atoms with E-state index in [-0.39, 0.29) is 6.42 Å². The third-order valence-electron chi connectivity index (χ3n) is 2.01. The van der Waals surface area contributed by atoms with Crippen LogP contribution in [0.4, 0.5) is 13.2 Å². The van der Waals surface area contributed by atoms with Crippen molar-refractivity contribution in [2.45, 2.75) is 32.9 Å². The van der Waals surface area contributed by atoms with E-state index in [2.05, 4.69) is 0 Å². The van der Waals surface area contributed by atoms with E-state index in [0.717, 1.165) is 6.92 Å². The quantitative estimate of drug-likeness (QED) is 0.659. The smallest absolute Gasteiger partial charge is 0.281 e. The Bertz CT molecular complexity index is 179. The maximum atomic E-state index is 12.1. The van der Waals surface area contributed by atoms with Gasteiger partial charge in [-0.1, -0.05) is 13.8 Å². The third kappa shape index (κ3) is 4.50. The molecule has 5 heteroatoms. The van der Waals surface area contributed by atoms with Crippen LogP contribution in [0.2, 0.25) is 0 Å². The first-order valence-electron chi connectivity index (χ1n) is 4.05. The molecule has 2 unspecified atom stereocenters. The number of rotatable bonds is 4. The van der Waals surface area contributed by atoms with Gasteiger partial charge in [-0.25, -0.2) is 0 Å². The highest BCUT2D eigenvalue weighted by Crippen LogP contribution is 2.32. The Hall–Kier alpha value is -0.250.